The number of ether oxygens (including phenoxy) is 1. The predicted molar refractivity (Wildman–Crippen MR) is 76.5 cm³/mol. The van der Waals surface area contributed by atoms with Crippen LogP contribution in [0, 0.1) is 0 Å². The Morgan fingerprint density at radius 3 is 2.77 bits per heavy atom. The summed E-state index contributed by atoms with van der Waals surface area (Å²) in [6, 6.07) is 6.82. The highest BCUT2D eigenvalue weighted by atomic mass is 16.5. The van der Waals surface area contributed by atoms with Gasteiger partial charge in [-0.1, -0.05) is 0 Å². The molecule has 0 saturated carbocycles. The number of likely N-dealkylation sites (tertiary alicyclic amines) is 1. The van der Waals surface area contributed by atoms with Crippen LogP contribution in [0.4, 0.5) is 0 Å². The van der Waals surface area contributed by atoms with Crippen LogP contribution in [0.25, 0.3) is 5.69 Å². The first-order chi connectivity index (χ1) is 10.7. The van der Waals surface area contributed by atoms with Crippen LogP contribution in [-0.4, -0.2) is 68.5 Å². The van der Waals surface area contributed by atoms with Gasteiger partial charge in [-0.05, 0) is 41.1 Å². The van der Waals surface area contributed by atoms with Gasteiger partial charge in [0.25, 0.3) is 5.91 Å². The molecule has 1 amide bonds. The average Bonchev–Trinajstić information content (AvgIpc) is 3.23. The summed E-state index contributed by atoms with van der Waals surface area (Å²) in [5, 5.41) is 20.4. The molecule has 22 heavy (non-hydrogen) atoms. The predicted octanol–water partition coefficient (Wildman–Crippen LogP) is -0.116. The van der Waals surface area contributed by atoms with Crippen LogP contribution < -0.4 is 0 Å². The van der Waals surface area contributed by atoms with Gasteiger partial charge in [0.05, 0.1) is 24.4 Å². The number of aromatic nitrogens is 4. The third-order valence-electron chi connectivity index (χ3n) is 3.91. The molecule has 1 aromatic heterocycles. The van der Waals surface area contributed by atoms with Gasteiger partial charge < -0.3 is 14.7 Å². The molecule has 1 aliphatic rings. The fourth-order valence-electron chi connectivity index (χ4n) is 2.67. The lowest BCUT2D eigenvalue weighted by Crippen LogP contribution is -2.38. The Kier molecular flexibility index (Phi) is 4.12. The van der Waals surface area contributed by atoms with Crippen molar-refractivity contribution in [2.75, 3.05) is 20.3 Å². The van der Waals surface area contributed by atoms with E-state index in [1.807, 2.05) is 0 Å². The summed E-state index contributed by atoms with van der Waals surface area (Å²) in [7, 11) is 1.62. The number of hydrogen-bond donors (Lipinski definition) is 1. The van der Waals surface area contributed by atoms with E-state index in [0.717, 1.165) is 5.69 Å². The maximum atomic E-state index is 12.6. The molecule has 0 radical (unpaired) electrons. The van der Waals surface area contributed by atoms with Crippen LogP contribution in [0.15, 0.2) is 30.6 Å². The van der Waals surface area contributed by atoms with Gasteiger partial charge in [-0.3, -0.25) is 4.79 Å². The van der Waals surface area contributed by atoms with Crippen molar-refractivity contribution >= 4 is 5.91 Å². The second-order valence-electron chi connectivity index (χ2n) is 5.19. The number of aliphatic hydroxyl groups excluding tert-OH is 1. The summed E-state index contributed by atoms with van der Waals surface area (Å²) in [5.74, 6) is -0.109. The molecule has 1 fully saturated rings. The van der Waals surface area contributed by atoms with Crippen molar-refractivity contribution in [1.82, 2.24) is 25.1 Å². The molecule has 1 saturated heterocycles. The molecular weight excluding hydrogens is 286 g/mol. The van der Waals surface area contributed by atoms with E-state index in [9.17, 15) is 9.90 Å². The lowest BCUT2D eigenvalue weighted by molar-refractivity contribution is 0.0648. The first kappa shape index (κ1) is 14.6. The van der Waals surface area contributed by atoms with Crippen LogP contribution in [0.5, 0.6) is 0 Å². The monoisotopic (exact) mass is 303 g/mol. The van der Waals surface area contributed by atoms with E-state index in [4.69, 9.17) is 4.74 Å². The van der Waals surface area contributed by atoms with Gasteiger partial charge in [-0.15, -0.1) is 5.10 Å². The minimum atomic E-state index is -0.198. The zero-order chi connectivity index (χ0) is 15.5. The Bertz CT molecular complexity index is 628. The van der Waals surface area contributed by atoms with Crippen molar-refractivity contribution in [1.29, 1.82) is 0 Å². The first-order valence-corrected chi connectivity index (χ1v) is 7.01. The number of benzene rings is 1. The Balaban J connectivity index is 1.77. The highest BCUT2D eigenvalue weighted by Gasteiger charge is 2.35. The molecular formula is C14H17N5O3. The van der Waals surface area contributed by atoms with E-state index in [2.05, 4.69) is 15.5 Å². The molecule has 1 aromatic carbocycles. The first-order valence-electron chi connectivity index (χ1n) is 7.01. The van der Waals surface area contributed by atoms with Crippen LogP contribution in [0.1, 0.15) is 16.8 Å². The van der Waals surface area contributed by atoms with E-state index < -0.39 is 0 Å². The van der Waals surface area contributed by atoms with Crippen molar-refractivity contribution in [3.05, 3.63) is 36.2 Å². The third-order valence-corrected chi connectivity index (χ3v) is 3.91. The van der Waals surface area contributed by atoms with Crippen molar-refractivity contribution in [2.45, 2.75) is 18.6 Å². The number of carbonyl (C=O) groups is 1. The van der Waals surface area contributed by atoms with Gasteiger partial charge in [0.15, 0.2) is 0 Å². The van der Waals surface area contributed by atoms with E-state index in [0.29, 0.717) is 18.5 Å². The lowest BCUT2D eigenvalue weighted by Gasteiger charge is -2.22. The van der Waals surface area contributed by atoms with Crippen LogP contribution in [-0.2, 0) is 4.74 Å². The molecule has 0 spiro atoms. The van der Waals surface area contributed by atoms with Gasteiger partial charge >= 0.3 is 0 Å². The highest BCUT2D eigenvalue weighted by molar-refractivity contribution is 5.94. The Hall–Kier alpha value is -2.32. The molecule has 8 heteroatoms. The molecule has 1 aliphatic heterocycles. The smallest absolute Gasteiger partial charge is 0.254 e. The van der Waals surface area contributed by atoms with Gasteiger partial charge in [0, 0.05) is 19.2 Å². The van der Waals surface area contributed by atoms with E-state index in [1.54, 1.807) is 36.3 Å². The number of nitrogens with zero attached hydrogens (tertiary/aromatic N) is 5. The van der Waals surface area contributed by atoms with E-state index >= 15 is 0 Å². The SMILES string of the molecule is CO[C@@H]1C[C@@H](CO)N(C(=O)c2ccc(-n3cnnn3)cc2)C1. The standard InChI is InChI=1S/C14H17N5O3/c1-22-13-6-12(8-20)18(7-13)14(21)10-2-4-11(5-3-10)19-9-15-16-17-19/h2-5,9,12-13,20H,6-8H2,1H3/t12-,13+/m0/s1. The molecule has 2 atom stereocenters. The topological polar surface area (TPSA) is 93.4 Å². The van der Waals surface area contributed by atoms with Crippen molar-refractivity contribution in [2.24, 2.45) is 0 Å². The normalized spacial score (nSPS) is 21.3. The molecule has 116 valence electrons. The van der Waals surface area contributed by atoms with Gasteiger partial charge in [0.1, 0.15) is 6.33 Å². The molecule has 1 N–H and O–H groups in total. The quantitative estimate of drug-likeness (QED) is 0.846. The number of tetrazole rings is 1. The van der Waals surface area contributed by atoms with Gasteiger partial charge in [-0.2, -0.15) is 0 Å². The van der Waals surface area contributed by atoms with E-state index in [-0.39, 0.29) is 24.7 Å². The highest BCUT2D eigenvalue weighted by Crippen LogP contribution is 2.22. The number of carbonyl (C=O) groups excluding carboxylic acids is 1. The Morgan fingerprint density at radius 2 is 2.18 bits per heavy atom. The molecule has 0 unspecified atom stereocenters. The largest absolute Gasteiger partial charge is 0.394 e. The number of methoxy groups -OCH3 is 1. The molecule has 2 aromatic rings. The molecule has 8 nitrogen and oxygen atoms in total. The number of hydrogen-bond acceptors (Lipinski definition) is 6. The van der Waals surface area contributed by atoms with Gasteiger partial charge in [-0.25, -0.2) is 4.68 Å². The van der Waals surface area contributed by atoms with Crippen LogP contribution in [0.3, 0.4) is 0 Å². The third kappa shape index (κ3) is 2.70. The molecule has 2 heterocycles. The summed E-state index contributed by atoms with van der Waals surface area (Å²) < 4.78 is 6.81. The van der Waals surface area contributed by atoms with E-state index in [1.165, 1.54) is 11.0 Å². The molecule has 0 aliphatic carbocycles. The number of amides is 1. The van der Waals surface area contributed by atoms with Crippen LogP contribution >= 0.6 is 0 Å². The summed E-state index contributed by atoms with van der Waals surface area (Å²) in [6.07, 6.45) is 2.12. The summed E-state index contributed by atoms with van der Waals surface area (Å²) in [6.45, 7) is 0.434. The van der Waals surface area contributed by atoms with Crippen molar-refractivity contribution in [3.63, 3.8) is 0 Å². The number of rotatable bonds is 4. The fraction of sp³-hybridized carbons (Fsp3) is 0.429. The molecule has 0 bridgehead atoms. The zero-order valence-corrected chi connectivity index (χ0v) is 12.2. The Morgan fingerprint density at radius 1 is 1.41 bits per heavy atom. The molecule has 3 rings (SSSR count). The Labute approximate surface area is 127 Å². The van der Waals surface area contributed by atoms with Crippen LogP contribution in [0.2, 0.25) is 0 Å². The minimum Gasteiger partial charge on any atom is -0.394 e. The van der Waals surface area contributed by atoms with Crippen molar-refractivity contribution in [3.8, 4) is 5.69 Å². The van der Waals surface area contributed by atoms with Crippen molar-refractivity contribution < 1.29 is 14.6 Å². The average molecular weight is 303 g/mol. The maximum absolute atomic E-state index is 12.6. The second-order valence-corrected chi connectivity index (χ2v) is 5.19. The zero-order valence-electron chi connectivity index (χ0n) is 12.2. The summed E-state index contributed by atoms with van der Waals surface area (Å²) in [5.41, 5.74) is 1.34. The summed E-state index contributed by atoms with van der Waals surface area (Å²) >= 11 is 0. The van der Waals surface area contributed by atoms with Gasteiger partial charge in [0.2, 0.25) is 0 Å². The lowest BCUT2D eigenvalue weighted by atomic mass is 10.1. The fourth-order valence-corrected chi connectivity index (χ4v) is 2.67. The maximum Gasteiger partial charge on any atom is 0.254 e. The second kappa shape index (κ2) is 6.20. The number of aliphatic hydroxyl groups is 1. The summed E-state index contributed by atoms with van der Waals surface area (Å²) in [4.78, 5) is 14.3. The minimum absolute atomic E-state index is 0.0263.